The number of hydrogen-bond donors (Lipinski definition) is 1. The maximum Gasteiger partial charge on any atom is 0.152 e. The Morgan fingerprint density at radius 3 is 3.06 bits per heavy atom. The van der Waals surface area contributed by atoms with Crippen LogP contribution in [-0.4, -0.2) is 4.98 Å². The van der Waals surface area contributed by atoms with E-state index in [4.69, 9.17) is 22.1 Å². The van der Waals surface area contributed by atoms with Crippen molar-refractivity contribution in [3.8, 4) is 5.75 Å². The largest absolute Gasteiger partial charge is 0.483 e. The van der Waals surface area contributed by atoms with Crippen LogP contribution in [0.15, 0.2) is 24.4 Å². The number of benzene rings is 1. The average Bonchev–Trinajstić information content (AvgIpc) is 2.77. The zero-order chi connectivity index (χ0) is 12.7. The van der Waals surface area contributed by atoms with Crippen molar-refractivity contribution in [3.63, 3.8) is 0 Å². The van der Waals surface area contributed by atoms with Gasteiger partial charge in [0.05, 0.1) is 6.20 Å². The maximum atomic E-state index is 13.2. The lowest BCUT2D eigenvalue weighted by molar-refractivity contribution is 0.160. The van der Waals surface area contributed by atoms with E-state index in [0.717, 1.165) is 5.01 Å². The number of rotatable bonds is 1. The number of hydrogen-bond acceptors (Lipinski definition) is 4. The molecule has 94 valence electrons. The zero-order valence-corrected chi connectivity index (χ0v) is 10.8. The summed E-state index contributed by atoms with van der Waals surface area (Å²) in [4.78, 5) is 4.20. The van der Waals surface area contributed by atoms with Crippen LogP contribution in [0.3, 0.4) is 0 Å². The van der Waals surface area contributed by atoms with Gasteiger partial charge in [-0.15, -0.1) is 11.3 Å². The van der Waals surface area contributed by atoms with Crippen LogP contribution in [0.25, 0.3) is 0 Å². The van der Waals surface area contributed by atoms with Gasteiger partial charge in [0.25, 0.3) is 0 Å². The Bertz CT molecular complexity index is 589. The summed E-state index contributed by atoms with van der Waals surface area (Å²) >= 11 is 7.23. The summed E-state index contributed by atoms with van der Waals surface area (Å²) in [5, 5.41) is 0.797. The van der Waals surface area contributed by atoms with E-state index in [1.54, 1.807) is 12.3 Å². The first kappa shape index (κ1) is 11.9. The van der Waals surface area contributed by atoms with Crippen molar-refractivity contribution in [1.82, 2.24) is 4.98 Å². The lowest BCUT2D eigenvalue weighted by Crippen LogP contribution is -2.24. The fourth-order valence-electron chi connectivity index (χ4n) is 2.04. The molecule has 0 amide bonds. The molecule has 0 saturated carbocycles. The molecule has 2 heterocycles. The van der Waals surface area contributed by atoms with E-state index in [-0.39, 0.29) is 18.0 Å². The molecule has 1 aliphatic rings. The Hall–Kier alpha value is -1.17. The number of halogens is 2. The first-order valence-electron chi connectivity index (χ1n) is 5.46. The van der Waals surface area contributed by atoms with Crippen molar-refractivity contribution in [2.75, 3.05) is 0 Å². The van der Waals surface area contributed by atoms with E-state index in [1.165, 1.54) is 23.5 Å². The minimum absolute atomic E-state index is 0.213. The molecule has 18 heavy (non-hydrogen) atoms. The van der Waals surface area contributed by atoms with E-state index in [9.17, 15) is 4.39 Å². The fourth-order valence-corrected chi connectivity index (χ4v) is 3.01. The molecular formula is C12H10ClFN2OS. The van der Waals surface area contributed by atoms with Gasteiger partial charge in [0.2, 0.25) is 0 Å². The quantitative estimate of drug-likeness (QED) is 0.872. The summed E-state index contributed by atoms with van der Waals surface area (Å²) in [5.41, 5.74) is 6.75. The molecule has 0 aliphatic carbocycles. The van der Waals surface area contributed by atoms with Crippen LogP contribution in [0.5, 0.6) is 5.75 Å². The standard InChI is InChI=1S/C12H10ClFN2OS/c13-11-5-16-12(18-11)10-4-8(15)7-3-6(14)1-2-9(7)17-10/h1-3,5,8,10H,4,15H2/t8-,10?/m0/s1. The van der Waals surface area contributed by atoms with Crippen LogP contribution in [-0.2, 0) is 0 Å². The van der Waals surface area contributed by atoms with Gasteiger partial charge in [0.1, 0.15) is 20.9 Å². The molecule has 1 unspecified atom stereocenters. The zero-order valence-electron chi connectivity index (χ0n) is 9.27. The van der Waals surface area contributed by atoms with Crippen molar-refractivity contribution >= 4 is 22.9 Å². The van der Waals surface area contributed by atoms with E-state index in [0.29, 0.717) is 22.1 Å². The second kappa shape index (κ2) is 4.50. The maximum absolute atomic E-state index is 13.2. The first-order chi connectivity index (χ1) is 8.63. The lowest BCUT2D eigenvalue weighted by Gasteiger charge is -2.29. The van der Waals surface area contributed by atoms with Gasteiger partial charge in [-0.25, -0.2) is 9.37 Å². The summed E-state index contributed by atoms with van der Waals surface area (Å²) in [7, 11) is 0. The van der Waals surface area contributed by atoms with Crippen LogP contribution in [0, 0.1) is 5.82 Å². The molecule has 3 nitrogen and oxygen atoms in total. The second-order valence-corrected chi connectivity index (χ2v) is 5.83. The third-order valence-corrected chi connectivity index (χ3v) is 4.09. The predicted octanol–water partition coefficient (Wildman–Crippen LogP) is 3.46. The lowest BCUT2D eigenvalue weighted by atomic mass is 9.97. The van der Waals surface area contributed by atoms with E-state index >= 15 is 0 Å². The van der Waals surface area contributed by atoms with Gasteiger partial charge in [0, 0.05) is 18.0 Å². The highest BCUT2D eigenvalue weighted by atomic mass is 35.5. The van der Waals surface area contributed by atoms with E-state index in [2.05, 4.69) is 4.98 Å². The molecule has 0 spiro atoms. The highest BCUT2D eigenvalue weighted by molar-refractivity contribution is 7.15. The van der Waals surface area contributed by atoms with Crippen molar-refractivity contribution in [2.45, 2.75) is 18.6 Å². The van der Waals surface area contributed by atoms with Gasteiger partial charge < -0.3 is 10.5 Å². The van der Waals surface area contributed by atoms with Crippen LogP contribution in [0.4, 0.5) is 4.39 Å². The van der Waals surface area contributed by atoms with Crippen molar-refractivity contribution in [2.24, 2.45) is 5.73 Å². The van der Waals surface area contributed by atoms with Gasteiger partial charge in [0.15, 0.2) is 6.10 Å². The average molecular weight is 285 g/mol. The molecule has 2 atom stereocenters. The van der Waals surface area contributed by atoms with Gasteiger partial charge in [-0.2, -0.15) is 0 Å². The molecule has 6 heteroatoms. The number of fused-ring (bicyclic) bond motifs is 1. The molecule has 0 saturated heterocycles. The number of thiazole rings is 1. The Labute approximate surface area is 112 Å². The number of ether oxygens (including phenoxy) is 1. The van der Waals surface area contributed by atoms with Gasteiger partial charge in [-0.3, -0.25) is 0 Å². The molecule has 0 radical (unpaired) electrons. The Morgan fingerprint density at radius 2 is 2.33 bits per heavy atom. The Morgan fingerprint density at radius 1 is 1.50 bits per heavy atom. The third-order valence-electron chi connectivity index (χ3n) is 2.88. The van der Waals surface area contributed by atoms with Crippen LogP contribution >= 0.6 is 22.9 Å². The second-order valence-electron chi connectivity index (χ2n) is 4.13. The molecule has 1 aromatic heterocycles. The molecule has 0 fully saturated rings. The highest BCUT2D eigenvalue weighted by Gasteiger charge is 2.29. The normalized spacial score (nSPS) is 22.4. The molecule has 1 aromatic carbocycles. The Balaban J connectivity index is 1.94. The minimum Gasteiger partial charge on any atom is -0.483 e. The summed E-state index contributed by atoms with van der Waals surface area (Å²) < 4.78 is 19.6. The topological polar surface area (TPSA) is 48.1 Å². The van der Waals surface area contributed by atoms with Gasteiger partial charge in [-0.05, 0) is 18.2 Å². The Kier molecular flexibility index (Phi) is 2.97. The highest BCUT2D eigenvalue weighted by Crippen LogP contribution is 2.41. The van der Waals surface area contributed by atoms with Crippen LogP contribution in [0.1, 0.15) is 29.1 Å². The molecule has 0 bridgehead atoms. The molecule has 3 rings (SSSR count). The fraction of sp³-hybridized carbons (Fsp3) is 0.250. The monoisotopic (exact) mass is 284 g/mol. The molecule has 2 aromatic rings. The molecule has 1 aliphatic heterocycles. The SMILES string of the molecule is N[C@H]1CC(c2ncc(Cl)s2)Oc2ccc(F)cc21. The van der Waals surface area contributed by atoms with Gasteiger partial charge >= 0.3 is 0 Å². The summed E-state index contributed by atoms with van der Waals surface area (Å²) in [6.07, 6.45) is 1.95. The number of nitrogens with zero attached hydrogens (tertiary/aromatic N) is 1. The van der Waals surface area contributed by atoms with Crippen molar-refractivity contribution < 1.29 is 9.13 Å². The predicted molar refractivity (Wildman–Crippen MR) is 68.4 cm³/mol. The smallest absolute Gasteiger partial charge is 0.152 e. The number of aromatic nitrogens is 1. The van der Waals surface area contributed by atoms with E-state index < -0.39 is 0 Å². The van der Waals surface area contributed by atoms with Gasteiger partial charge in [-0.1, -0.05) is 11.6 Å². The summed E-state index contributed by atoms with van der Waals surface area (Å²) in [5.74, 6) is 0.315. The first-order valence-corrected chi connectivity index (χ1v) is 6.66. The summed E-state index contributed by atoms with van der Waals surface area (Å²) in [6.45, 7) is 0. The number of nitrogens with two attached hydrogens (primary N) is 1. The van der Waals surface area contributed by atoms with Crippen LogP contribution in [0.2, 0.25) is 4.34 Å². The van der Waals surface area contributed by atoms with Crippen LogP contribution < -0.4 is 10.5 Å². The summed E-state index contributed by atoms with van der Waals surface area (Å²) in [6, 6.07) is 4.14. The van der Waals surface area contributed by atoms with E-state index in [1.807, 2.05) is 0 Å². The minimum atomic E-state index is -0.302. The van der Waals surface area contributed by atoms with Crippen molar-refractivity contribution in [1.29, 1.82) is 0 Å². The third kappa shape index (κ3) is 2.09. The molecule has 2 N–H and O–H groups in total. The molecular weight excluding hydrogens is 275 g/mol. The van der Waals surface area contributed by atoms with Crippen molar-refractivity contribution in [3.05, 3.63) is 45.1 Å².